The van der Waals surface area contributed by atoms with Gasteiger partial charge in [0.15, 0.2) is 0 Å². The quantitative estimate of drug-likeness (QED) is 0.812. The van der Waals surface area contributed by atoms with Crippen LogP contribution in [-0.4, -0.2) is 40.4 Å². The largest absolute Gasteiger partial charge is 0.468 e. The molecule has 0 spiro atoms. The molecule has 1 atom stereocenters. The molecule has 1 aliphatic rings. The highest BCUT2D eigenvalue weighted by Crippen LogP contribution is 2.24. The smallest absolute Gasteiger partial charge is 0.254 e. The van der Waals surface area contributed by atoms with Gasteiger partial charge in [0.05, 0.1) is 24.4 Å². The molecule has 2 N–H and O–H groups in total. The van der Waals surface area contributed by atoms with E-state index >= 15 is 0 Å². The van der Waals surface area contributed by atoms with Crippen LogP contribution in [0, 0.1) is 13.8 Å². The number of aryl methyl sites for hydroxylation is 1. The second-order valence-corrected chi connectivity index (χ2v) is 7.19. The summed E-state index contributed by atoms with van der Waals surface area (Å²) >= 11 is 0. The van der Waals surface area contributed by atoms with E-state index in [0.717, 1.165) is 18.8 Å². The topological polar surface area (TPSA) is 91.2 Å². The fourth-order valence-corrected chi connectivity index (χ4v) is 3.60. The van der Waals surface area contributed by atoms with Gasteiger partial charge >= 0.3 is 0 Å². The molecule has 1 aliphatic heterocycles. The molecule has 0 radical (unpaired) electrons. The maximum atomic E-state index is 12.5. The Morgan fingerprint density at radius 1 is 1.30 bits per heavy atom. The lowest BCUT2D eigenvalue weighted by atomic mass is 10.1. The van der Waals surface area contributed by atoms with Gasteiger partial charge in [-0.1, -0.05) is 12.8 Å². The van der Waals surface area contributed by atoms with E-state index < -0.39 is 0 Å². The maximum absolute atomic E-state index is 12.5. The van der Waals surface area contributed by atoms with Crippen molar-refractivity contribution in [1.82, 2.24) is 20.2 Å². The normalized spacial score (nSPS) is 16.7. The lowest BCUT2D eigenvalue weighted by Gasteiger charge is -2.29. The highest BCUT2D eigenvalue weighted by molar-refractivity contribution is 5.78. The van der Waals surface area contributed by atoms with Gasteiger partial charge in [0.25, 0.3) is 5.56 Å². The van der Waals surface area contributed by atoms with Gasteiger partial charge in [-0.25, -0.2) is 4.98 Å². The molecule has 7 heteroatoms. The zero-order chi connectivity index (χ0) is 19.2. The van der Waals surface area contributed by atoms with Crippen molar-refractivity contribution in [2.24, 2.45) is 0 Å². The standard InChI is InChI=1S/C20H28N4O3/c1-14-16(22-15(2)23-20(14)26)12-19(25)21-13-17(18-8-7-11-27-18)24-9-5-3-4-6-10-24/h7-8,11,17H,3-6,9-10,12-13H2,1-2H3,(H,21,25)(H,22,23,26). The van der Waals surface area contributed by atoms with Crippen molar-refractivity contribution in [1.29, 1.82) is 0 Å². The summed E-state index contributed by atoms with van der Waals surface area (Å²) in [6.07, 6.45) is 6.61. The van der Waals surface area contributed by atoms with Crippen LogP contribution in [0.1, 0.15) is 54.6 Å². The number of hydrogen-bond acceptors (Lipinski definition) is 5. The monoisotopic (exact) mass is 372 g/mol. The molecule has 1 amide bonds. The fraction of sp³-hybridized carbons (Fsp3) is 0.550. The molecule has 1 unspecified atom stereocenters. The van der Waals surface area contributed by atoms with Gasteiger partial charge in [-0.15, -0.1) is 0 Å². The third-order valence-corrected chi connectivity index (χ3v) is 5.14. The highest BCUT2D eigenvalue weighted by Gasteiger charge is 2.24. The van der Waals surface area contributed by atoms with E-state index in [-0.39, 0.29) is 23.9 Å². The number of carbonyl (C=O) groups is 1. The van der Waals surface area contributed by atoms with Gasteiger partial charge in [-0.3, -0.25) is 14.5 Å². The Balaban J connectivity index is 1.66. The number of furan rings is 1. The molecule has 0 bridgehead atoms. The molecule has 0 aliphatic carbocycles. The second-order valence-electron chi connectivity index (χ2n) is 7.19. The maximum Gasteiger partial charge on any atom is 0.254 e. The third-order valence-electron chi connectivity index (χ3n) is 5.14. The third kappa shape index (κ3) is 5.07. The van der Waals surface area contributed by atoms with Crippen LogP contribution in [0.4, 0.5) is 0 Å². The van der Waals surface area contributed by atoms with Crippen molar-refractivity contribution in [3.63, 3.8) is 0 Å². The number of aromatic amines is 1. The van der Waals surface area contributed by atoms with Gasteiger partial charge in [0.2, 0.25) is 5.91 Å². The van der Waals surface area contributed by atoms with Gasteiger partial charge in [0, 0.05) is 12.1 Å². The molecule has 146 valence electrons. The number of nitrogens with one attached hydrogen (secondary N) is 2. The molecule has 2 aromatic rings. The van der Waals surface area contributed by atoms with Crippen LogP contribution in [0.25, 0.3) is 0 Å². The van der Waals surface area contributed by atoms with Crippen LogP contribution < -0.4 is 10.9 Å². The van der Waals surface area contributed by atoms with E-state index in [0.29, 0.717) is 23.6 Å². The van der Waals surface area contributed by atoms with Crippen LogP contribution in [0.3, 0.4) is 0 Å². The summed E-state index contributed by atoms with van der Waals surface area (Å²) in [6, 6.07) is 3.87. The summed E-state index contributed by atoms with van der Waals surface area (Å²) in [7, 11) is 0. The molecular weight excluding hydrogens is 344 g/mol. The molecular formula is C20H28N4O3. The first-order valence-electron chi connectivity index (χ1n) is 9.65. The Bertz CT molecular complexity index is 805. The highest BCUT2D eigenvalue weighted by atomic mass is 16.3. The Kier molecular flexibility index (Phi) is 6.45. The number of aromatic nitrogens is 2. The van der Waals surface area contributed by atoms with Crippen LogP contribution in [-0.2, 0) is 11.2 Å². The first-order chi connectivity index (χ1) is 13.0. The van der Waals surface area contributed by atoms with Crippen LogP contribution in [0.15, 0.2) is 27.6 Å². The SMILES string of the molecule is Cc1nc(CC(=O)NCC(c2ccco2)N2CCCCCC2)c(C)c(=O)[nH]1. The molecule has 2 aromatic heterocycles. The molecule has 0 aromatic carbocycles. The molecule has 1 fully saturated rings. The van der Waals surface area contributed by atoms with Crippen molar-refractivity contribution in [3.8, 4) is 0 Å². The van der Waals surface area contributed by atoms with Crippen LogP contribution in [0.5, 0.6) is 0 Å². The minimum atomic E-state index is -0.191. The number of hydrogen-bond donors (Lipinski definition) is 2. The van der Waals surface area contributed by atoms with Gasteiger partial charge in [-0.2, -0.15) is 0 Å². The van der Waals surface area contributed by atoms with E-state index in [2.05, 4.69) is 20.2 Å². The van der Waals surface area contributed by atoms with E-state index in [1.54, 1.807) is 20.1 Å². The van der Waals surface area contributed by atoms with Crippen molar-refractivity contribution < 1.29 is 9.21 Å². The lowest BCUT2D eigenvalue weighted by Crippen LogP contribution is -2.39. The molecule has 7 nitrogen and oxygen atoms in total. The number of carbonyl (C=O) groups excluding carboxylic acids is 1. The van der Waals surface area contributed by atoms with Gasteiger partial charge in [-0.05, 0) is 51.9 Å². The summed E-state index contributed by atoms with van der Waals surface area (Å²) < 4.78 is 5.64. The Morgan fingerprint density at radius 2 is 2.04 bits per heavy atom. The first-order valence-corrected chi connectivity index (χ1v) is 9.65. The van der Waals surface area contributed by atoms with E-state index in [9.17, 15) is 9.59 Å². The molecule has 3 rings (SSSR count). The molecule has 1 saturated heterocycles. The second kappa shape index (κ2) is 8.99. The summed E-state index contributed by atoms with van der Waals surface area (Å²) in [5, 5.41) is 3.01. The van der Waals surface area contributed by atoms with Gasteiger partial charge < -0.3 is 14.7 Å². The summed E-state index contributed by atoms with van der Waals surface area (Å²) in [4.78, 5) is 33.7. The minimum Gasteiger partial charge on any atom is -0.468 e. The van der Waals surface area contributed by atoms with Crippen molar-refractivity contribution >= 4 is 5.91 Å². The average Bonchev–Trinajstić information content (AvgIpc) is 3.02. The van der Waals surface area contributed by atoms with Crippen LogP contribution in [0.2, 0.25) is 0 Å². The number of H-pyrrole nitrogens is 1. The van der Waals surface area contributed by atoms with E-state index in [1.165, 1.54) is 25.7 Å². The predicted molar refractivity (Wildman–Crippen MR) is 103 cm³/mol. The number of nitrogens with zero attached hydrogens (tertiary/aromatic N) is 2. The number of amides is 1. The van der Waals surface area contributed by atoms with E-state index in [1.807, 2.05) is 12.1 Å². The minimum absolute atomic E-state index is 0.0250. The Hall–Kier alpha value is -2.41. The van der Waals surface area contributed by atoms with E-state index in [4.69, 9.17) is 4.42 Å². The zero-order valence-corrected chi connectivity index (χ0v) is 16.1. The first kappa shape index (κ1) is 19.4. The lowest BCUT2D eigenvalue weighted by molar-refractivity contribution is -0.120. The number of rotatable bonds is 6. The fourth-order valence-electron chi connectivity index (χ4n) is 3.60. The van der Waals surface area contributed by atoms with Crippen molar-refractivity contribution in [3.05, 3.63) is 51.6 Å². The van der Waals surface area contributed by atoms with Crippen LogP contribution >= 0.6 is 0 Å². The van der Waals surface area contributed by atoms with Crippen molar-refractivity contribution in [2.45, 2.75) is 52.0 Å². The van der Waals surface area contributed by atoms with Crippen molar-refractivity contribution in [2.75, 3.05) is 19.6 Å². The average molecular weight is 372 g/mol. The summed E-state index contributed by atoms with van der Waals surface area (Å²) in [5.74, 6) is 1.26. The molecule has 3 heterocycles. The number of likely N-dealkylation sites (tertiary alicyclic amines) is 1. The summed E-state index contributed by atoms with van der Waals surface area (Å²) in [6.45, 7) is 5.91. The predicted octanol–water partition coefficient (Wildman–Crippen LogP) is 2.26. The Morgan fingerprint density at radius 3 is 2.70 bits per heavy atom. The molecule has 27 heavy (non-hydrogen) atoms. The zero-order valence-electron chi connectivity index (χ0n) is 16.1. The summed E-state index contributed by atoms with van der Waals surface area (Å²) in [5.41, 5.74) is 0.826. The van der Waals surface area contributed by atoms with Gasteiger partial charge in [0.1, 0.15) is 11.6 Å². The molecule has 0 saturated carbocycles. The Labute approximate surface area is 159 Å².